The number of nitrogens with zero attached hydrogens (tertiary/aromatic N) is 2. The largest absolute Gasteiger partial charge is 0.504 e. The van der Waals surface area contributed by atoms with E-state index in [1.807, 2.05) is 0 Å². The predicted octanol–water partition coefficient (Wildman–Crippen LogP) is 1.43. The molecule has 29 heavy (non-hydrogen) atoms. The zero-order valence-corrected chi connectivity index (χ0v) is 16.2. The lowest BCUT2D eigenvalue weighted by Gasteiger charge is -2.06. The fraction of sp³-hybridized carbons (Fsp3) is 0.118. The van der Waals surface area contributed by atoms with E-state index in [4.69, 9.17) is 14.9 Å². The van der Waals surface area contributed by atoms with Crippen molar-refractivity contribution < 1.29 is 29.9 Å². The van der Waals surface area contributed by atoms with E-state index >= 15 is 0 Å². The van der Waals surface area contributed by atoms with Crippen LogP contribution in [0.4, 0.5) is 0 Å². The van der Waals surface area contributed by atoms with E-state index < -0.39 is 0 Å². The molecule has 0 aliphatic heterocycles. The van der Waals surface area contributed by atoms with E-state index in [1.165, 1.54) is 50.9 Å². The van der Waals surface area contributed by atoms with E-state index in [-0.39, 0.29) is 52.9 Å². The second kappa shape index (κ2) is 10.5. The van der Waals surface area contributed by atoms with Crippen LogP contribution in [0.25, 0.3) is 0 Å². The first-order chi connectivity index (χ1) is 13.3. The molecule has 156 valence electrons. The molecule has 0 aromatic heterocycles. The first kappa shape index (κ1) is 23.2. The van der Waals surface area contributed by atoms with Gasteiger partial charge in [-0.05, 0) is 24.3 Å². The molecular formula is C17H20ClN5O6. The number of nitrogens with one attached hydrogen (secondary N) is 3. The Bertz CT molecular complexity index is 862. The van der Waals surface area contributed by atoms with Gasteiger partial charge in [0.25, 0.3) is 0 Å². The Balaban J connectivity index is 0.00000420. The van der Waals surface area contributed by atoms with Crippen LogP contribution in [-0.4, -0.2) is 53.0 Å². The van der Waals surface area contributed by atoms with Gasteiger partial charge in [-0.25, -0.2) is 10.9 Å². The highest BCUT2D eigenvalue weighted by Crippen LogP contribution is 2.36. The molecule has 0 heterocycles. The molecule has 2 aromatic carbocycles. The van der Waals surface area contributed by atoms with Crippen LogP contribution in [-0.2, 0) is 0 Å². The van der Waals surface area contributed by atoms with E-state index in [0.29, 0.717) is 11.1 Å². The van der Waals surface area contributed by atoms with Crippen LogP contribution >= 0.6 is 12.4 Å². The number of methoxy groups -OCH3 is 2. The highest BCUT2D eigenvalue weighted by Gasteiger charge is 2.09. The minimum Gasteiger partial charge on any atom is -0.504 e. The zero-order valence-electron chi connectivity index (χ0n) is 15.4. The summed E-state index contributed by atoms with van der Waals surface area (Å²) in [6.07, 6.45) is 2.59. The Labute approximate surface area is 171 Å². The van der Waals surface area contributed by atoms with Gasteiger partial charge in [0, 0.05) is 11.1 Å². The topological polar surface area (TPSA) is 172 Å². The average molecular weight is 426 g/mol. The lowest BCUT2D eigenvalue weighted by atomic mass is 10.2. The Hall–Kier alpha value is -3.86. The monoisotopic (exact) mass is 425 g/mol. The zero-order chi connectivity index (χ0) is 20.7. The van der Waals surface area contributed by atoms with Gasteiger partial charge >= 0.3 is 0 Å². The molecule has 0 fully saturated rings. The third-order valence-corrected chi connectivity index (χ3v) is 3.37. The van der Waals surface area contributed by atoms with Crippen molar-refractivity contribution in [3.8, 4) is 34.5 Å². The number of hydrogen-bond donors (Lipinski definition) is 7. The maximum atomic E-state index is 9.59. The summed E-state index contributed by atoms with van der Waals surface area (Å²) in [6, 6.07) is 5.42. The smallest absolute Gasteiger partial charge is 0.230 e. The van der Waals surface area contributed by atoms with Crippen LogP contribution in [0.1, 0.15) is 11.1 Å². The van der Waals surface area contributed by atoms with Crippen molar-refractivity contribution in [2.75, 3.05) is 14.2 Å². The number of halogens is 1. The molecule has 0 bridgehead atoms. The molecule has 0 saturated carbocycles. The molecule has 12 heteroatoms. The van der Waals surface area contributed by atoms with E-state index in [1.54, 1.807) is 0 Å². The maximum absolute atomic E-state index is 9.59. The molecule has 7 N–H and O–H groups in total. The third-order valence-electron chi connectivity index (χ3n) is 3.37. The Morgan fingerprint density at radius 2 is 1.21 bits per heavy atom. The fourth-order valence-electron chi connectivity index (χ4n) is 2.06. The molecule has 0 saturated heterocycles. The van der Waals surface area contributed by atoms with Crippen LogP contribution in [0, 0.1) is 5.41 Å². The van der Waals surface area contributed by atoms with Gasteiger partial charge in [0.2, 0.25) is 17.5 Å². The number of phenols is 4. The fourth-order valence-corrected chi connectivity index (χ4v) is 2.06. The number of guanidine groups is 1. The number of rotatable bonds is 6. The highest BCUT2D eigenvalue weighted by atomic mass is 35.5. The number of benzene rings is 2. The Kier molecular flexibility index (Phi) is 8.37. The summed E-state index contributed by atoms with van der Waals surface area (Å²) in [5.41, 5.74) is 5.56. The van der Waals surface area contributed by atoms with Crippen molar-refractivity contribution in [1.82, 2.24) is 10.9 Å². The summed E-state index contributed by atoms with van der Waals surface area (Å²) < 4.78 is 9.83. The second-order valence-electron chi connectivity index (χ2n) is 5.30. The average Bonchev–Trinajstić information content (AvgIpc) is 2.67. The summed E-state index contributed by atoms with van der Waals surface area (Å²) in [4.78, 5) is 0. The van der Waals surface area contributed by atoms with Gasteiger partial charge < -0.3 is 29.9 Å². The first-order valence-electron chi connectivity index (χ1n) is 7.72. The maximum Gasteiger partial charge on any atom is 0.230 e. The van der Waals surface area contributed by atoms with Gasteiger partial charge in [0.15, 0.2) is 23.0 Å². The summed E-state index contributed by atoms with van der Waals surface area (Å²) in [6.45, 7) is 0. The lowest BCUT2D eigenvalue weighted by molar-refractivity contribution is 0.351. The van der Waals surface area contributed by atoms with Crippen molar-refractivity contribution >= 4 is 30.8 Å². The van der Waals surface area contributed by atoms with Gasteiger partial charge in [0.05, 0.1) is 26.6 Å². The number of aromatic hydroxyl groups is 4. The summed E-state index contributed by atoms with van der Waals surface area (Å²) in [5, 5.41) is 53.5. The molecule has 2 aromatic rings. The van der Waals surface area contributed by atoms with Crippen molar-refractivity contribution in [3.05, 3.63) is 35.4 Å². The van der Waals surface area contributed by atoms with Crippen LogP contribution in [0.2, 0.25) is 0 Å². The van der Waals surface area contributed by atoms with Gasteiger partial charge in [-0.15, -0.1) is 12.4 Å². The van der Waals surface area contributed by atoms with Crippen LogP contribution < -0.4 is 20.3 Å². The second-order valence-corrected chi connectivity index (χ2v) is 5.30. The molecule has 0 aliphatic rings. The van der Waals surface area contributed by atoms with Gasteiger partial charge in [-0.1, -0.05) is 0 Å². The molecule has 0 amide bonds. The number of hydrazone groups is 2. The minimum atomic E-state index is -0.381. The summed E-state index contributed by atoms with van der Waals surface area (Å²) >= 11 is 0. The van der Waals surface area contributed by atoms with Crippen molar-refractivity contribution in [2.45, 2.75) is 0 Å². The molecule has 0 aliphatic carbocycles. The highest BCUT2D eigenvalue weighted by molar-refractivity contribution is 5.86. The van der Waals surface area contributed by atoms with Crippen LogP contribution in [0.15, 0.2) is 34.5 Å². The number of hydrogen-bond acceptors (Lipinski definition) is 9. The molecular weight excluding hydrogens is 406 g/mol. The van der Waals surface area contributed by atoms with Gasteiger partial charge in [-0.2, -0.15) is 10.2 Å². The lowest BCUT2D eigenvalue weighted by Crippen LogP contribution is -2.29. The first-order valence-corrected chi connectivity index (χ1v) is 7.72. The quantitative estimate of drug-likeness (QED) is 0.157. The van der Waals surface area contributed by atoms with Crippen LogP contribution in [0.5, 0.6) is 34.5 Å². The number of phenolic OH excluding ortho intramolecular Hbond substituents is 4. The van der Waals surface area contributed by atoms with Crippen molar-refractivity contribution in [1.29, 1.82) is 5.41 Å². The summed E-state index contributed by atoms with van der Waals surface area (Å²) in [7, 11) is 2.68. The molecule has 0 spiro atoms. The van der Waals surface area contributed by atoms with Crippen LogP contribution in [0.3, 0.4) is 0 Å². The van der Waals surface area contributed by atoms with E-state index in [0.717, 1.165) is 0 Å². The Morgan fingerprint density at radius 3 is 1.55 bits per heavy atom. The van der Waals surface area contributed by atoms with E-state index in [2.05, 4.69) is 21.1 Å². The van der Waals surface area contributed by atoms with Gasteiger partial charge in [-0.3, -0.25) is 5.41 Å². The third kappa shape index (κ3) is 6.07. The minimum absolute atomic E-state index is 0. The number of ether oxygens (including phenoxy) is 2. The summed E-state index contributed by atoms with van der Waals surface area (Å²) in [5.74, 6) is -1.62. The van der Waals surface area contributed by atoms with Crippen molar-refractivity contribution in [3.63, 3.8) is 0 Å². The molecule has 2 rings (SSSR count). The SMILES string of the molecule is COc1cc(C=NNC(=N)NN=Cc2cc(O)c(O)c(OC)c2)cc(O)c1O.Cl. The predicted molar refractivity (Wildman–Crippen MR) is 109 cm³/mol. The normalized spacial score (nSPS) is 10.6. The molecule has 11 nitrogen and oxygen atoms in total. The molecule has 0 radical (unpaired) electrons. The Morgan fingerprint density at radius 1 is 0.828 bits per heavy atom. The molecule has 0 atom stereocenters. The van der Waals surface area contributed by atoms with E-state index in [9.17, 15) is 20.4 Å². The standard InChI is InChI=1S/C17H19N5O6.ClH/c1-27-13-5-9(3-11(23)15(13)25)7-19-21-17(18)22-20-8-10-4-12(24)16(26)14(6-10)28-2;/h3-8,23-26H,1-2H3,(H3,18,21,22);1H. The van der Waals surface area contributed by atoms with Gasteiger partial charge in [0.1, 0.15) is 0 Å². The van der Waals surface area contributed by atoms with Crippen molar-refractivity contribution in [2.24, 2.45) is 10.2 Å². The molecule has 0 unspecified atom stereocenters.